The molecule has 0 heterocycles. The van der Waals surface area contributed by atoms with Crippen molar-refractivity contribution in [2.45, 2.75) is 13.8 Å². The quantitative estimate of drug-likeness (QED) is 0.491. The molecule has 0 aromatic carbocycles. The summed E-state index contributed by atoms with van der Waals surface area (Å²) >= 11 is 1.29. The summed E-state index contributed by atoms with van der Waals surface area (Å²) in [5.41, 5.74) is 0.523. The van der Waals surface area contributed by atoms with Crippen molar-refractivity contribution in [1.29, 1.82) is 0 Å². The Hall–Kier alpha value is -0.510. The maximum absolute atomic E-state index is 10.9. The van der Waals surface area contributed by atoms with E-state index in [0.717, 1.165) is 0 Å². The van der Waals surface area contributed by atoms with E-state index in [1.54, 1.807) is 6.92 Å². The first-order valence-electron chi connectivity index (χ1n) is 3.08. The van der Waals surface area contributed by atoms with E-state index < -0.39 is 0 Å². The molecule has 0 rings (SSSR count). The topological polar surface area (TPSA) is 41.5 Å². The fourth-order valence-corrected chi connectivity index (χ4v) is 0.824. The number of amides is 1. The van der Waals surface area contributed by atoms with Gasteiger partial charge in [-0.25, -0.2) is 4.40 Å². The summed E-state index contributed by atoms with van der Waals surface area (Å²) in [6.07, 6.45) is 1.82. The molecule has 0 radical (unpaired) electrons. The van der Waals surface area contributed by atoms with Gasteiger partial charge in [-0.1, -0.05) is 0 Å². The van der Waals surface area contributed by atoms with Gasteiger partial charge in [0.25, 0.3) is 5.91 Å². The third-order valence-electron chi connectivity index (χ3n) is 0.894. The van der Waals surface area contributed by atoms with Gasteiger partial charge in [0.1, 0.15) is 5.71 Å². The van der Waals surface area contributed by atoms with Gasteiger partial charge in [0.15, 0.2) is 0 Å². The predicted molar refractivity (Wildman–Crippen MR) is 45.3 cm³/mol. The smallest absolute Gasteiger partial charge is 0.266 e. The van der Waals surface area contributed by atoms with E-state index in [1.807, 2.05) is 13.2 Å². The number of rotatable bonds is 3. The molecule has 10 heavy (non-hydrogen) atoms. The van der Waals surface area contributed by atoms with Crippen LogP contribution < -0.4 is 5.32 Å². The van der Waals surface area contributed by atoms with E-state index in [-0.39, 0.29) is 5.91 Å². The third-order valence-corrected chi connectivity index (χ3v) is 1.35. The highest BCUT2D eigenvalue weighted by molar-refractivity contribution is 7.97. The number of nitrogens with zero attached hydrogens (tertiary/aromatic N) is 1. The molecule has 0 atom stereocenters. The molecule has 0 aliphatic carbocycles. The van der Waals surface area contributed by atoms with Crippen LogP contribution in [0, 0.1) is 0 Å². The van der Waals surface area contributed by atoms with Crippen LogP contribution in [0.2, 0.25) is 0 Å². The van der Waals surface area contributed by atoms with Crippen molar-refractivity contribution in [3.05, 3.63) is 0 Å². The lowest BCUT2D eigenvalue weighted by Gasteiger charge is -1.98. The molecule has 1 N–H and O–H groups in total. The first-order chi connectivity index (χ1) is 4.72. The lowest BCUT2D eigenvalue weighted by atomic mass is 10.4. The minimum Gasteiger partial charge on any atom is -0.351 e. The highest BCUT2D eigenvalue weighted by Gasteiger charge is 2.01. The second kappa shape index (κ2) is 5.29. The van der Waals surface area contributed by atoms with Gasteiger partial charge >= 0.3 is 0 Å². The van der Waals surface area contributed by atoms with Crippen molar-refractivity contribution in [2.75, 3.05) is 12.8 Å². The van der Waals surface area contributed by atoms with Crippen molar-refractivity contribution in [3.63, 3.8) is 0 Å². The molecule has 0 saturated carbocycles. The van der Waals surface area contributed by atoms with Crippen LogP contribution in [0.15, 0.2) is 4.40 Å². The maximum Gasteiger partial charge on any atom is 0.266 e. The second-order valence-electron chi connectivity index (χ2n) is 1.72. The highest BCUT2D eigenvalue weighted by atomic mass is 32.2. The van der Waals surface area contributed by atoms with Crippen LogP contribution in [0.1, 0.15) is 13.8 Å². The second-order valence-corrected chi connectivity index (χ2v) is 2.27. The summed E-state index contributed by atoms with van der Waals surface area (Å²) < 4.78 is 3.86. The molecular formula is C6H12N2OS. The summed E-state index contributed by atoms with van der Waals surface area (Å²) in [4.78, 5) is 10.9. The molecule has 0 unspecified atom stereocenters. The van der Waals surface area contributed by atoms with Crippen LogP contribution in [0.5, 0.6) is 0 Å². The molecule has 3 nitrogen and oxygen atoms in total. The van der Waals surface area contributed by atoms with Gasteiger partial charge in [-0.05, 0) is 25.8 Å². The molecule has 4 heteroatoms. The Morgan fingerprint density at radius 1 is 1.70 bits per heavy atom. The predicted octanol–water partition coefficient (Wildman–Crippen LogP) is 0.861. The normalized spacial score (nSPS) is 11.3. The van der Waals surface area contributed by atoms with Crippen LogP contribution in [-0.4, -0.2) is 24.4 Å². The van der Waals surface area contributed by atoms with Crippen LogP contribution in [0.4, 0.5) is 0 Å². The zero-order valence-electron chi connectivity index (χ0n) is 6.47. The standard InChI is InChI=1S/C6H12N2OS/c1-4-7-6(9)5(2)8-10-3/h4H2,1-3H3,(H,7,9)/b8-5+. The van der Waals surface area contributed by atoms with Crippen molar-refractivity contribution in [3.8, 4) is 0 Å². The number of nitrogens with one attached hydrogen (secondary N) is 1. The lowest BCUT2D eigenvalue weighted by molar-refractivity contribution is -0.114. The third kappa shape index (κ3) is 3.50. The zero-order chi connectivity index (χ0) is 7.98. The Labute approximate surface area is 65.4 Å². The number of hydrogen-bond donors (Lipinski definition) is 1. The monoisotopic (exact) mass is 160 g/mol. The first kappa shape index (κ1) is 9.49. The number of hydrogen-bond acceptors (Lipinski definition) is 3. The molecule has 0 aromatic heterocycles. The number of carbonyl (C=O) groups is 1. The summed E-state index contributed by atoms with van der Waals surface area (Å²) in [5, 5.41) is 2.65. The van der Waals surface area contributed by atoms with Gasteiger partial charge in [-0.3, -0.25) is 4.79 Å². The summed E-state index contributed by atoms with van der Waals surface area (Å²) in [6.45, 7) is 4.23. The molecule has 1 amide bonds. The Morgan fingerprint density at radius 3 is 2.70 bits per heavy atom. The molecule has 0 bridgehead atoms. The van der Waals surface area contributed by atoms with Gasteiger partial charge < -0.3 is 5.32 Å². The molecular weight excluding hydrogens is 148 g/mol. The summed E-state index contributed by atoms with van der Waals surface area (Å²) in [5.74, 6) is -0.0862. The van der Waals surface area contributed by atoms with Gasteiger partial charge in [-0.2, -0.15) is 0 Å². The lowest BCUT2D eigenvalue weighted by Crippen LogP contribution is -2.28. The molecule has 0 aliphatic rings. The molecule has 0 saturated heterocycles. The van der Waals surface area contributed by atoms with Gasteiger partial charge in [-0.15, -0.1) is 0 Å². The maximum atomic E-state index is 10.9. The minimum atomic E-state index is -0.0862. The SMILES string of the molecule is CCNC(=O)/C(C)=N/SC. The highest BCUT2D eigenvalue weighted by Crippen LogP contribution is 1.93. The van der Waals surface area contributed by atoms with Crippen molar-refractivity contribution in [2.24, 2.45) is 4.40 Å². The molecule has 58 valence electrons. The van der Waals surface area contributed by atoms with Crippen LogP contribution in [0.3, 0.4) is 0 Å². The summed E-state index contributed by atoms with van der Waals surface area (Å²) in [6, 6.07) is 0. The fourth-order valence-electron chi connectivity index (χ4n) is 0.467. The fraction of sp³-hybridized carbons (Fsp3) is 0.667. The van der Waals surface area contributed by atoms with Gasteiger partial charge in [0.2, 0.25) is 0 Å². The van der Waals surface area contributed by atoms with E-state index >= 15 is 0 Å². The summed E-state index contributed by atoms with van der Waals surface area (Å²) in [7, 11) is 0. The van der Waals surface area contributed by atoms with Crippen molar-refractivity contribution in [1.82, 2.24) is 5.32 Å². The Morgan fingerprint density at radius 2 is 2.30 bits per heavy atom. The van der Waals surface area contributed by atoms with Crippen LogP contribution in [-0.2, 0) is 4.79 Å². The van der Waals surface area contributed by atoms with E-state index in [9.17, 15) is 4.79 Å². The van der Waals surface area contributed by atoms with Gasteiger partial charge in [0.05, 0.1) is 0 Å². The van der Waals surface area contributed by atoms with E-state index in [1.165, 1.54) is 11.9 Å². The first-order valence-corrected chi connectivity index (χ1v) is 4.26. The van der Waals surface area contributed by atoms with E-state index in [2.05, 4.69) is 9.71 Å². The molecule has 0 spiro atoms. The van der Waals surface area contributed by atoms with Crippen molar-refractivity contribution >= 4 is 23.6 Å². The number of carbonyl (C=O) groups excluding carboxylic acids is 1. The molecule has 0 fully saturated rings. The van der Waals surface area contributed by atoms with Crippen LogP contribution in [0.25, 0.3) is 0 Å². The Kier molecular flexibility index (Phi) is 5.02. The molecule has 0 aromatic rings. The Balaban J connectivity index is 3.82. The molecule has 0 aliphatic heterocycles. The average molecular weight is 160 g/mol. The van der Waals surface area contributed by atoms with Crippen LogP contribution >= 0.6 is 11.9 Å². The van der Waals surface area contributed by atoms with Crippen molar-refractivity contribution < 1.29 is 4.79 Å². The largest absolute Gasteiger partial charge is 0.351 e. The Bertz CT molecular complexity index is 145. The average Bonchev–Trinajstić information content (AvgIpc) is 1.89. The van der Waals surface area contributed by atoms with E-state index in [4.69, 9.17) is 0 Å². The van der Waals surface area contributed by atoms with Gasteiger partial charge in [0, 0.05) is 12.8 Å². The minimum absolute atomic E-state index is 0.0862. The zero-order valence-corrected chi connectivity index (χ0v) is 7.29. The van der Waals surface area contributed by atoms with E-state index in [0.29, 0.717) is 12.3 Å².